The van der Waals surface area contributed by atoms with Crippen LogP contribution in [-0.4, -0.2) is 22.9 Å². The monoisotopic (exact) mass is 247 g/mol. The van der Waals surface area contributed by atoms with Crippen LogP contribution >= 0.6 is 0 Å². The Balaban J connectivity index is 2.26. The molecule has 1 aromatic rings. The van der Waals surface area contributed by atoms with Crippen LogP contribution in [0.3, 0.4) is 0 Å². The average molecular weight is 247 g/mol. The number of likely N-dealkylation sites (tertiary alicyclic amines) is 1. The topological polar surface area (TPSA) is 83.3 Å². The molecule has 18 heavy (non-hydrogen) atoms. The van der Waals surface area contributed by atoms with E-state index in [2.05, 4.69) is 0 Å². The fraction of sp³-hybridized carbons (Fsp3) is 0.417. The number of rotatable bonds is 3. The Morgan fingerprint density at radius 2 is 2.17 bits per heavy atom. The largest absolute Gasteiger partial charge is 0.433 e. The minimum absolute atomic E-state index is 0.300. The molecule has 6 nitrogen and oxygen atoms in total. The zero-order chi connectivity index (χ0) is 13.0. The molecule has 0 aromatic carbocycles. The van der Waals surface area contributed by atoms with Gasteiger partial charge in [-0.3, -0.25) is 10.1 Å². The van der Waals surface area contributed by atoms with E-state index >= 15 is 0 Å². The van der Waals surface area contributed by atoms with Crippen molar-refractivity contribution in [2.75, 3.05) is 13.1 Å². The number of hydrogen-bond donors (Lipinski definition) is 0. The van der Waals surface area contributed by atoms with Crippen molar-refractivity contribution in [3.63, 3.8) is 0 Å². The Morgan fingerprint density at radius 3 is 2.72 bits per heavy atom. The smallest absolute Gasteiger partial charge is 0.399 e. The highest BCUT2D eigenvalue weighted by molar-refractivity contribution is 5.63. The Labute approximate surface area is 104 Å². The quantitative estimate of drug-likeness (QED) is 0.465. The maximum absolute atomic E-state index is 10.6. The molecule has 0 unspecified atom stereocenters. The molecule has 1 fully saturated rings. The van der Waals surface area contributed by atoms with E-state index in [4.69, 9.17) is 9.68 Å². The van der Waals surface area contributed by atoms with Crippen molar-refractivity contribution >= 4 is 11.6 Å². The van der Waals surface area contributed by atoms with Crippen LogP contribution in [0.4, 0.5) is 5.88 Å². The van der Waals surface area contributed by atoms with Gasteiger partial charge in [0.2, 0.25) is 0 Å². The van der Waals surface area contributed by atoms with E-state index in [9.17, 15) is 10.1 Å². The lowest BCUT2D eigenvalue weighted by Crippen LogP contribution is -2.28. The standard InChI is InChI=1S/C12H13N3O3/c13-7-6-10(14-8-2-1-3-9-14)11-4-5-12(18-11)15(16)17/h4-6H,1-3,8-9H2. The summed E-state index contributed by atoms with van der Waals surface area (Å²) in [5.41, 5.74) is 0.630. The summed E-state index contributed by atoms with van der Waals surface area (Å²) in [5.74, 6) is 0.0796. The normalized spacial score (nSPS) is 16.4. The molecule has 0 saturated carbocycles. The first kappa shape index (κ1) is 12.2. The number of allylic oxidation sites excluding steroid dienone is 1. The summed E-state index contributed by atoms with van der Waals surface area (Å²) in [6, 6.07) is 4.82. The molecule has 0 radical (unpaired) electrons. The number of nitrogens with zero attached hydrogens (tertiary/aromatic N) is 3. The predicted octanol–water partition coefficient (Wildman–Crippen LogP) is 2.54. The Morgan fingerprint density at radius 1 is 1.44 bits per heavy atom. The van der Waals surface area contributed by atoms with Crippen molar-refractivity contribution in [2.24, 2.45) is 0 Å². The fourth-order valence-corrected chi connectivity index (χ4v) is 2.08. The maximum Gasteiger partial charge on any atom is 0.433 e. The van der Waals surface area contributed by atoms with Gasteiger partial charge in [-0.05, 0) is 25.3 Å². The molecule has 6 heteroatoms. The highest BCUT2D eigenvalue weighted by atomic mass is 16.6. The van der Waals surface area contributed by atoms with Gasteiger partial charge < -0.3 is 9.32 Å². The van der Waals surface area contributed by atoms with Gasteiger partial charge in [-0.1, -0.05) is 0 Å². The summed E-state index contributed by atoms with van der Waals surface area (Å²) in [5, 5.41) is 19.4. The zero-order valence-electron chi connectivity index (χ0n) is 9.83. The van der Waals surface area contributed by atoms with Gasteiger partial charge in [-0.15, -0.1) is 0 Å². The first-order valence-corrected chi connectivity index (χ1v) is 5.81. The zero-order valence-corrected chi connectivity index (χ0v) is 9.83. The average Bonchev–Trinajstić information content (AvgIpc) is 2.86. The van der Waals surface area contributed by atoms with Gasteiger partial charge in [0, 0.05) is 19.2 Å². The second-order valence-electron chi connectivity index (χ2n) is 4.10. The molecule has 0 atom stereocenters. The number of furan rings is 1. The van der Waals surface area contributed by atoms with E-state index in [1.54, 1.807) is 0 Å². The molecule has 2 heterocycles. The van der Waals surface area contributed by atoms with Gasteiger partial charge in [0.1, 0.15) is 4.92 Å². The number of nitriles is 1. The molecule has 1 aromatic heterocycles. The van der Waals surface area contributed by atoms with E-state index in [-0.39, 0.29) is 5.88 Å². The molecule has 0 aliphatic carbocycles. The molecular weight excluding hydrogens is 234 g/mol. The number of nitro groups is 1. The minimum Gasteiger partial charge on any atom is -0.399 e. The van der Waals surface area contributed by atoms with Crippen LogP contribution in [0.5, 0.6) is 0 Å². The molecule has 1 aliphatic heterocycles. The van der Waals surface area contributed by atoms with E-state index in [1.165, 1.54) is 24.6 Å². The molecule has 2 rings (SSSR count). The Hall–Kier alpha value is -2.29. The first-order chi connectivity index (χ1) is 8.72. The molecule has 1 saturated heterocycles. The van der Waals surface area contributed by atoms with E-state index in [0.717, 1.165) is 25.9 Å². The molecule has 0 N–H and O–H groups in total. The third kappa shape index (κ3) is 2.51. The van der Waals surface area contributed by atoms with Crippen LogP contribution in [0.15, 0.2) is 22.6 Å². The van der Waals surface area contributed by atoms with Crippen LogP contribution in [0.1, 0.15) is 25.0 Å². The fourth-order valence-electron chi connectivity index (χ4n) is 2.08. The molecular formula is C12H13N3O3. The van der Waals surface area contributed by atoms with Crippen LogP contribution in [0, 0.1) is 21.4 Å². The van der Waals surface area contributed by atoms with Crippen molar-refractivity contribution in [1.82, 2.24) is 4.90 Å². The van der Waals surface area contributed by atoms with Gasteiger partial charge in [-0.2, -0.15) is 5.26 Å². The predicted molar refractivity (Wildman–Crippen MR) is 64.4 cm³/mol. The molecule has 94 valence electrons. The number of hydrogen-bond acceptors (Lipinski definition) is 5. The van der Waals surface area contributed by atoms with Crippen LogP contribution < -0.4 is 0 Å². The highest BCUT2D eigenvalue weighted by Gasteiger charge is 2.20. The van der Waals surface area contributed by atoms with Gasteiger partial charge in [0.05, 0.1) is 17.8 Å². The minimum atomic E-state index is -0.580. The summed E-state index contributed by atoms with van der Waals surface area (Å²) >= 11 is 0. The summed E-state index contributed by atoms with van der Waals surface area (Å²) < 4.78 is 5.15. The lowest BCUT2D eigenvalue weighted by molar-refractivity contribution is -0.402. The highest BCUT2D eigenvalue weighted by Crippen LogP contribution is 2.27. The molecule has 0 spiro atoms. The summed E-state index contributed by atoms with van der Waals surface area (Å²) in [6.07, 6.45) is 4.68. The van der Waals surface area contributed by atoms with Gasteiger partial charge >= 0.3 is 5.88 Å². The third-order valence-electron chi connectivity index (χ3n) is 2.92. The molecule has 0 amide bonds. The second-order valence-corrected chi connectivity index (χ2v) is 4.10. The van der Waals surface area contributed by atoms with Crippen molar-refractivity contribution in [2.45, 2.75) is 19.3 Å². The van der Waals surface area contributed by atoms with Crippen molar-refractivity contribution in [3.05, 3.63) is 34.1 Å². The van der Waals surface area contributed by atoms with Gasteiger partial charge in [0.15, 0.2) is 5.76 Å². The van der Waals surface area contributed by atoms with E-state index in [1.807, 2.05) is 11.0 Å². The van der Waals surface area contributed by atoms with Crippen molar-refractivity contribution < 1.29 is 9.34 Å². The Bertz CT molecular complexity index is 507. The lowest BCUT2D eigenvalue weighted by atomic mass is 10.1. The van der Waals surface area contributed by atoms with Crippen LogP contribution in [0.2, 0.25) is 0 Å². The van der Waals surface area contributed by atoms with Crippen molar-refractivity contribution in [1.29, 1.82) is 5.26 Å². The van der Waals surface area contributed by atoms with Gasteiger partial charge in [-0.25, -0.2) is 0 Å². The Kier molecular flexibility index (Phi) is 3.63. The summed E-state index contributed by atoms with van der Waals surface area (Å²) in [6.45, 7) is 1.70. The summed E-state index contributed by atoms with van der Waals surface area (Å²) in [4.78, 5) is 12.0. The lowest BCUT2D eigenvalue weighted by Gasteiger charge is -2.29. The van der Waals surface area contributed by atoms with Crippen LogP contribution in [-0.2, 0) is 0 Å². The summed E-state index contributed by atoms with van der Waals surface area (Å²) in [7, 11) is 0. The second kappa shape index (κ2) is 5.36. The third-order valence-corrected chi connectivity index (χ3v) is 2.92. The first-order valence-electron chi connectivity index (χ1n) is 5.81. The van der Waals surface area contributed by atoms with E-state index < -0.39 is 4.92 Å². The van der Waals surface area contributed by atoms with E-state index in [0.29, 0.717) is 11.5 Å². The van der Waals surface area contributed by atoms with Gasteiger partial charge in [0.25, 0.3) is 0 Å². The molecule has 0 bridgehead atoms. The van der Waals surface area contributed by atoms with Crippen LogP contribution in [0.25, 0.3) is 5.70 Å². The molecule has 1 aliphatic rings. The number of piperidine rings is 1. The SMILES string of the molecule is N#CC=C(c1ccc([N+](=O)[O-])o1)N1CCCCC1. The maximum atomic E-state index is 10.6. The van der Waals surface area contributed by atoms with Crippen molar-refractivity contribution in [3.8, 4) is 6.07 Å².